The van der Waals surface area contributed by atoms with E-state index in [0.29, 0.717) is 32.0 Å². The Morgan fingerprint density at radius 1 is 1.46 bits per heavy atom. The van der Waals surface area contributed by atoms with Gasteiger partial charge in [0, 0.05) is 44.3 Å². The van der Waals surface area contributed by atoms with Gasteiger partial charge in [0.05, 0.1) is 13.2 Å². The van der Waals surface area contributed by atoms with Crippen LogP contribution < -0.4 is 0 Å². The van der Waals surface area contributed by atoms with Crippen molar-refractivity contribution in [2.75, 3.05) is 20.3 Å². The highest BCUT2D eigenvalue weighted by Gasteiger charge is 2.31. The van der Waals surface area contributed by atoms with Crippen molar-refractivity contribution in [1.82, 2.24) is 19.7 Å². The Labute approximate surface area is 140 Å². The fourth-order valence-corrected chi connectivity index (χ4v) is 3.30. The summed E-state index contributed by atoms with van der Waals surface area (Å²) in [5.41, 5.74) is 3.81. The first-order chi connectivity index (χ1) is 11.8. The molecular weight excluding hydrogens is 308 g/mol. The molecule has 1 saturated carbocycles. The van der Waals surface area contributed by atoms with Gasteiger partial charge in [0.2, 0.25) is 5.91 Å². The van der Waals surface area contributed by atoms with Crippen molar-refractivity contribution in [1.29, 1.82) is 0 Å². The number of hydrogen-bond donors (Lipinski definition) is 0. The molecule has 0 N–H and O–H groups in total. The lowest BCUT2D eigenvalue weighted by molar-refractivity contribution is -0.132. The third kappa shape index (κ3) is 2.96. The summed E-state index contributed by atoms with van der Waals surface area (Å²) in [5, 5.41) is 4.72. The van der Waals surface area contributed by atoms with Crippen LogP contribution in [0.25, 0.3) is 11.4 Å². The second kappa shape index (κ2) is 6.39. The average molecular weight is 330 g/mol. The van der Waals surface area contributed by atoms with Gasteiger partial charge in [-0.05, 0) is 18.8 Å². The largest absolute Gasteiger partial charge is 0.451 e. The van der Waals surface area contributed by atoms with Crippen molar-refractivity contribution in [3.05, 3.63) is 23.9 Å². The van der Waals surface area contributed by atoms with Crippen LogP contribution in [0.5, 0.6) is 0 Å². The number of oxazole rings is 1. The molecule has 24 heavy (non-hydrogen) atoms. The van der Waals surface area contributed by atoms with E-state index < -0.39 is 0 Å². The lowest BCUT2D eigenvalue weighted by atomic mass is 10.0. The molecule has 3 heterocycles. The van der Waals surface area contributed by atoms with Crippen LogP contribution in [0.2, 0.25) is 0 Å². The summed E-state index contributed by atoms with van der Waals surface area (Å²) in [5.74, 6) is 0.872. The minimum atomic E-state index is 0.263. The number of carbonyl (C=O) groups is 1. The average Bonchev–Trinajstić information content (AvgIpc) is 3.12. The summed E-state index contributed by atoms with van der Waals surface area (Å²) in [4.78, 5) is 18.7. The molecule has 0 atom stereocenters. The zero-order valence-electron chi connectivity index (χ0n) is 13.9. The number of ether oxygens (including phenoxy) is 1. The number of rotatable bonds is 6. The number of amides is 1. The molecule has 0 saturated heterocycles. The molecule has 1 aliphatic heterocycles. The fourth-order valence-electron chi connectivity index (χ4n) is 3.30. The van der Waals surface area contributed by atoms with E-state index in [0.717, 1.165) is 29.9 Å². The normalized spacial score (nSPS) is 17.1. The summed E-state index contributed by atoms with van der Waals surface area (Å²) >= 11 is 0. The highest BCUT2D eigenvalue weighted by atomic mass is 16.5. The van der Waals surface area contributed by atoms with Crippen molar-refractivity contribution < 1.29 is 13.9 Å². The Bertz CT molecular complexity index is 719. The summed E-state index contributed by atoms with van der Waals surface area (Å²) in [6, 6.07) is 0. The first-order valence-electron chi connectivity index (χ1n) is 8.50. The SMILES string of the molecule is COCCn1nc(-c2cocn2)c2c1CCN(C(=O)CC1CC1)C2. The molecule has 128 valence electrons. The lowest BCUT2D eigenvalue weighted by Gasteiger charge is -2.28. The van der Waals surface area contributed by atoms with E-state index in [1.807, 2.05) is 9.58 Å². The standard InChI is InChI=1S/C17H22N4O3/c1-23-7-6-21-15-4-5-20(16(22)8-12-2-3-12)9-13(15)17(19-21)14-10-24-11-18-14/h10-12H,2-9H2,1H3. The van der Waals surface area contributed by atoms with Gasteiger partial charge in [0.25, 0.3) is 0 Å². The Morgan fingerprint density at radius 3 is 3.04 bits per heavy atom. The number of hydrogen-bond acceptors (Lipinski definition) is 5. The van der Waals surface area contributed by atoms with E-state index in [1.165, 1.54) is 24.9 Å². The Balaban J connectivity index is 1.62. The number of carbonyl (C=O) groups excluding carboxylic acids is 1. The lowest BCUT2D eigenvalue weighted by Crippen LogP contribution is -2.36. The van der Waals surface area contributed by atoms with Crippen LogP contribution in [-0.4, -0.2) is 45.8 Å². The molecular formula is C17H22N4O3. The Morgan fingerprint density at radius 2 is 2.33 bits per heavy atom. The second-order valence-corrected chi connectivity index (χ2v) is 6.58. The number of fused-ring (bicyclic) bond motifs is 1. The van der Waals surface area contributed by atoms with Crippen LogP contribution >= 0.6 is 0 Å². The van der Waals surface area contributed by atoms with Gasteiger partial charge in [-0.2, -0.15) is 5.10 Å². The third-order valence-electron chi connectivity index (χ3n) is 4.83. The molecule has 2 aromatic heterocycles. The molecule has 2 aliphatic rings. The van der Waals surface area contributed by atoms with E-state index >= 15 is 0 Å². The van der Waals surface area contributed by atoms with Gasteiger partial charge in [-0.25, -0.2) is 4.98 Å². The zero-order valence-corrected chi connectivity index (χ0v) is 13.9. The predicted octanol–water partition coefficient (Wildman–Crippen LogP) is 1.87. The van der Waals surface area contributed by atoms with E-state index in [9.17, 15) is 4.79 Å². The molecule has 0 unspecified atom stereocenters. The smallest absolute Gasteiger partial charge is 0.223 e. The number of nitrogens with zero attached hydrogens (tertiary/aromatic N) is 4. The van der Waals surface area contributed by atoms with Crippen LogP contribution in [-0.2, 0) is 29.0 Å². The molecule has 1 aliphatic carbocycles. The number of aromatic nitrogens is 3. The van der Waals surface area contributed by atoms with Crippen molar-refractivity contribution in [3.63, 3.8) is 0 Å². The molecule has 0 spiro atoms. The monoisotopic (exact) mass is 330 g/mol. The van der Waals surface area contributed by atoms with E-state index in [4.69, 9.17) is 14.3 Å². The van der Waals surface area contributed by atoms with Gasteiger partial charge >= 0.3 is 0 Å². The first-order valence-corrected chi connectivity index (χ1v) is 8.50. The van der Waals surface area contributed by atoms with Crippen LogP contribution in [0.1, 0.15) is 30.5 Å². The quantitative estimate of drug-likeness (QED) is 0.808. The van der Waals surface area contributed by atoms with Crippen molar-refractivity contribution in [3.8, 4) is 11.4 Å². The van der Waals surface area contributed by atoms with Crippen LogP contribution in [0.4, 0.5) is 0 Å². The topological polar surface area (TPSA) is 73.4 Å². The van der Waals surface area contributed by atoms with Gasteiger partial charge in [-0.15, -0.1) is 0 Å². The number of methoxy groups -OCH3 is 1. The van der Waals surface area contributed by atoms with E-state index in [1.54, 1.807) is 13.4 Å². The summed E-state index contributed by atoms with van der Waals surface area (Å²) in [6.45, 7) is 2.68. The van der Waals surface area contributed by atoms with E-state index in [2.05, 4.69) is 4.98 Å². The molecule has 0 bridgehead atoms. The first kappa shape index (κ1) is 15.4. The van der Waals surface area contributed by atoms with Crippen LogP contribution in [0, 0.1) is 5.92 Å². The summed E-state index contributed by atoms with van der Waals surface area (Å²) in [7, 11) is 1.69. The molecule has 0 radical (unpaired) electrons. The molecule has 4 rings (SSSR count). The highest BCUT2D eigenvalue weighted by molar-refractivity contribution is 5.77. The van der Waals surface area contributed by atoms with Gasteiger partial charge in [0.1, 0.15) is 17.7 Å². The van der Waals surface area contributed by atoms with Crippen LogP contribution in [0.15, 0.2) is 17.1 Å². The maximum absolute atomic E-state index is 12.5. The molecule has 1 fully saturated rings. The minimum Gasteiger partial charge on any atom is -0.451 e. The highest BCUT2D eigenvalue weighted by Crippen LogP contribution is 2.34. The summed E-state index contributed by atoms with van der Waals surface area (Å²) < 4.78 is 12.3. The van der Waals surface area contributed by atoms with Crippen molar-refractivity contribution >= 4 is 5.91 Å². The zero-order chi connectivity index (χ0) is 16.5. The third-order valence-corrected chi connectivity index (χ3v) is 4.83. The Kier molecular flexibility index (Phi) is 4.10. The molecule has 7 heteroatoms. The fraction of sp³-hybridized carbons (Fsp3) is 0.588. The van der Waals surface area contributed by atoms with Gasteiger partial charge in [-0.3, -0.25) is 9.48 Å². The predicted molar refractivity (Wildman–Crippen MR) is 86.1 cm³/mol. The summed E-state index contributed by atoms with van der Waals surface area (Å²) in [6.07, 6.45) is 6.92. The maximum Gasteiger partial charge on any atom is 0.223 e. The van der Waals surface area contributed by atoms with E-state index in [-0.39, 0.29) is 5.91 Å². The molecule has 0 aromatic carbocycles. The molecule has 1 amide bonds. The van der Waals surface area contributed by atoms with Gasteiger partial charge in [0.15, 0.2) is 6.39 Å². The van der Waals surface area contributed by atoms with Gasteiger partial charge < -0.3 is 14.1 Å². The van der Waals surface area contributed by atoms with Crippen molar-refractivity contribution in [2.24, 2.45) is 5.92 Å². The van der Waals surface area contributed by atoms with Crippen LogP contribution in [0.3, 0.4) is 0 Å². The van der Waals surface area contributed by atoms with Crippen molar-refractivity contribution in [2.45, 2.75) is 38.8 Å². The van der Waals surface area contributed by atoms with Gasteiger partial charge in [-0.1, -0.05) is 0 Å². The molecule has 2 aromatic rings. The second-order valence-electron chi connectivity index (χ2n) is 6.58. The molecule has 7 nitrogen and oxygen atoms in total. The maximum atomic E-state index is 12.5. The Hall–Kier alpha value is -2.15. The minimum absolute atomic E-state index is 0.263.